The molecule has 0 saturated heterocycles. The Morgan fingerprint density at radius 1 is 1.25 bits per heavy atom. The van der Waals surface area contributed by atoms with E-state index < -0.39 is 17.8 Å². The van der Waals surface area contributed by atoms with Gasteiger partial charge in [-0.3, -0.25) is 9.59 Å². The zero-order valence-corrected chi connectivity index (χ0v) is 11.9. The highest BCUT2D eigenvalue weighted by Crippen LogP contribution is 2.37. The number of para-hydroxylation sites is 1. The van der Waals surface area contributed by atoms with E-state index in [9.17, 15) is 14.7 Å². The maximum absolute atomic E-state index is 12.4. The Kier molecular flexibility index (Phi) is 4.42. The number of benzene rings is 1. The number of aliphatic carboxylic acids is 1. The van der Waals surface area contributed by atoms with Gasteiger partial charge in [-0.25, -0.2) is 0 Å². The van der Waals surface area contributed by atoms with Crippen molar-refractivity contribution in [1.82, 2.24) is 0 Å². The number of hydrogen-bond donors (Lipinski definition) is 2. The van der Waals surface area contributed by atoms with Gasteiger partial charge in [0.05, 0.1) is 11.8 Å². The molecule has 0 radical (unpaired) electrons. The molecule has 1 saturated carbocycles. The Morgan fingerprint density at radius 2 is 1.90 bits per heavy atom. The molecule has 1 aromatic carbocycles. The number of hydrogen-bond acceptors (Lipinski definition) is 2. The van der Waals surface area contributed by atoms with Gasteiger partial charge in [0.15, 0.2) is 0 Å². The summed E-state index contributed by atoms with van der Waals surface area (Å²) in [5, 5.41) is 12.1. The van der Waals surface area contributed by atoms with Crippen molar-refractivity contribution < 1.29 is 14.7 Å². The molecule has 3 atom stereocenters. The predicted molar refractivity (Wildman–Crippen MR) is 77.5 cm³/mol. The van der Waals surface area contributed by atoms with E-state index in [1.54, 1.807) is 0 Å². The Morgan fingerprint density at radius 3 is 2.55 bits per heavy atom. The Bertz CT molecular complexity index is 512. The van der Waals surface area contributed by atoms with Crippen LogP contribution in [0.4, 0.5) is 5.69 Å². The third-order valence-corrected chi connectivity index (χ3v) is 4.11. The second-order valence-electron chi connectivity index (χ2n) is 5.63. The van der Waals surface area contributed by atoms with Gasteiger partial charge in [0.25, 0.3) is 0 Å². The summed E-state index contributed by atoms with van der Waals surface area (Å²) >= 11 is 0. The molecule has 0 aliphatic heterocycles. The number of nitrogens with one attached hydrogen (secondary N) is 1. The summed E-state index contributed by atoms with van der Waals surface area (Å²) in [5.74, 6) is -1.72. The van der Waals surface area contributed by atoms with Gasteiger partial charge in [0, 0.05) is 5.69 Å². The van der Waals surface area contributed by atoms with Gasteiger partial charge in [-0.05, 0) is 36.8 Å². The Balaban J connectivity index is 2.13. The SMILES string of the molecule is CCc1ccccc1NC(=O)[C@H]1CC(C)C[C@H]1C(=O)O. The lowest BCUT2D eigenvalue weighted by atomic mass is 9.95. The first-order chi connectivity index (χ1) is 9.52. The lowest BCUT2D eigenvalue weighted by molar-refractivity contribution is -0.145. The number of carbonyl (C=O) groups excluding carboxylic acids is 1. The molecule has 0 aromatic heterocycles. The van der Waals surface area contributed by atoms with Crippen LogP contribution < -0.4 is 5.32 Å². The van der Waals surface area contributed by atoms with E-state index in [1.165, 1.54) is 0 Å². The van der Waals surface area contributed by atoms with E-state index >= 15 is 0 Å². The summed E-state index contributed by atoms with van der Waals surface area (Å²) in [7, 11) is 0. The van der Waals surface area contributed by atoms with Gasteiger partial charge >= 0.3 is 5.97 Å². The smallest absolute Gasteiger partial charge is 0.307 e. The topological polar surface area (TPSA) is 66.4 Å². The van der Waals surface area contributed by atoms with Crippen molar-refractivity contribution in [2.45, 2.75) is 33.1 Å². The first kappa shape index (κ1) is 14.6. The van der Waals surface area contributed by atoms with Crippen LogP contribution >= 0.6 is 0 Å². The van der Waals surface area contributed by atoms with Gasteiger partial charge < -0.3 is 10.4 Å². The van der Waals surface area contributed by atoms with Crippen molar-refractivity contribution in [3.05, 3.63) is 29.8 Å². The van der Waals surface area contributed by atoms with E-state index in [0.29, 0.717) is 12.8 Å². The standard InChI is InChI=1S/C16H21NO3/c1-3-11-6-4-5-7-14(11)17-15(18)12-8-10(2)9-13(12)16(19)20/h4-7,10,12-13H,3,8-9H2,1-2H3,(H,17,18)(H,19,20)/t10?,12-,13+/m0/s1. The van der Waals surface area contributed by atoms with Crippen molar-refractivity contribution >= 4 is 17.6 Å². The van der Waals surface area contributed by atoms with Crippen molar-refractivity contribution in [2.75, 3.05) is 5.32 Å². The third-order valence-electron chi connectivity index (χ3n) is 4.11. The molecule has 2 N–H and O–H groups in total. The largest absolute Gasteiger partial charge is 0.481 e. The van der Waals surface area contributed by atoms with E-state index in [0.717, 1.165) is 17.7 Å². The van der Waals surface area contributed by atoms with Gasteiger partial charge in [-0.1, -0.05) is 32.0 Å². The van der Waals surface area contributed by atoms with Crippen LogP contribution in [0.1, 0.15) is 32.3 Å². The minimum atomic E-state index is -0.863. The number of anilines is 1. The molecule has 0 spiro atoms. The van der Waals surface area contributed by atoms with Crippen LogP contribution in [-0.2, 0) is 16.0 Å². The Hall–Kier alpha value is -1.84. The van der Waals surface area contributed by atoms with E-state index in [2.05, 4.69) is 5.32 Å². The molecular formula is C16H21NO3. The monoisotopic (exact) mass is 275 g/mol. The third kappa shape index (κ3) is 3.00. The molecule has 1 aromatic rings. The molecule has 108 valence electrons. The average molecular weight is 275 g/mol. The minimum absolute atomic E-state index is 0.164. The number of amides is 1. The van der Waals surface area contributed by atoms with Crippen molar-refractivity contribution in [1.29, 1.82) is 0 Å². The summed E-state index contributed by atoms with van der Waals surface area (Å²) in [5.41, 5.74) is 1.86. The molecule has 1 aliphatic carbocycles. The van der Waals surface area contributed by atoms with Gasteiger partial charge in [0.2, 0.25) is 5.91 Å². The molecule has 0 bridgehead atoms. The van der Waals surface area contributed by atoms with Crippen molar-refractivity contribution in [2.24, 2.45) is 17.8 Å². The fraction of sp³-hybridized carbons (Fsp3) is 0.500. The number of aryl methyl sites for hydroxylation is 1. The van der Waals surface area contributed by atoms with E-state index in [-0.39, 0.29) is 11.8 Å². The van der Waals surface area contributed by atoms with Crippen LogP contribution in [0.15, 0.2) is 24.3 Å². The lowest BCUT2D eigenvalue weighted by Gasteiger charge is -2.17. The van der Waals surface area contributed by atoms with Gasteiger partial charge in [0.1, 0.15) is 0 Å². The average Bonchev–Trinajstić information content (AvgIpc) is 2.82. The molecule has 1 amide bonds. The maximum Gasteiger partial charge on any atom is 0.307 e. The van der Waals surface area contributed by atoms with Crippen LogP contribution in [0.3, 0.4) is 0 Å². The zero-order valence-electron chi connectivity index (χ0n) is 11.9. The summed E-state index contributed by atoms with van der Waals surface area (Å²) < 4.78 is 0. The fourth-order valence-corrected chi connectivity index (χ4v) is 3.03. The van der Waals surface area contributed by atoms with Crippen LogP contribution in [-0.4, -0.2) is 17.0 Å². The summed E-state index contributed by atoms with van der Waals surface area (Å²) in [4.78, 5) is 23.6. The van der Waals surface area contributed by atoms with Crippen LogP contribution in [0.2, 0.25) is 0 Å². The highest BCUT2D eigenvalue weighted by Gasteiger charge is 2.41. The van der Waals surface area contributed by atoms with Crippen molar-refractivity contribution in [3.63, 3.8) is 0 Å². The zero-order chi connectivity index (χ0) is 14.7. The highest BCUT2D eigenvalue weighted by atomic mass is 16.4. The summed E-state index contributed by atoms with van der Waals surface area (Å²) in [6.45, 7) is 4.03. The van der Waals surface area contributed by atoms with Crippen molar-refractivity contribution in [3.8, 4) is 0 Å². The first-order valence-corrected chi connectivity index (χ1v) is 7.14. The number of carboxylic acid groups (broad SMARTS) is 1. The minimum Gasteiger partial charge on any atom is -0.481 e. The molecule has 1 aliphatic rings. The number of rotatable bonds is 4. The number of carbonyl (C=O) groups is 2. The fourth-order valence-electron chi connectivity index (χ4n) is 3.03. The second kappa shape index (κ2) is 6.07. The number of carboxylic acids is 1. The molecule has 4 nitrogen and oxygen atoms in total. The molecular weight excluding hydrogens is 254 g/mol. The molecule has 20 heavy (non-hydrogen) atoms. The summed E-state index contributed by atoms with van der Waals surface area (Å²) in [6.07, 6.45) is 2.07. The van der Waals surface area contributed by atoms with Crippen LogP contribution in [0.5, 0.6) is 0 Å². The molecule has 2 rings (SSSR count). The highest BCUT2D eigenvalue weighted by molar-refractivity contribution is 5.96. The van der Waals surface area contributed by atoms with E-state index in [1.807, 2.05) is 38.1 Å². The predicted octanol–water partition coefficient (Wildman–Crippen LogP) is 2.93. The van der Waals surface area contributed by atoms with Gasteiger partial charge in [-0.15, -0.1) is 0 Å². The van der Waals surface area contributed by atoms with Gasteiger partial charge in [-0.2, -0.15) is 0 Å². The van der Waals surface area contributed by atoms with Crippen LogP contribution in [0, 0.1) is 17.8 Å². The normalized spacial score (nSPS) is 25.4. The molecule has 1 fully saturated rings. The summed E-state index contributed by atoms with van der Waals surface area (Å²) in [6, 6.07) is 7.65. The Labute approximate surface area is 119 Å². The lowest BCUT2D eigenvalue weighted by Crippen LogP contribution is -2.30. The first-order valence-electron chi connectivity index (χ1n) is 7.14. The van der Waals surface area contributed by atoms with Crippen LogP contribution in [0.25, 0.3) is 0 Å². The quantitative estimate of drug-likeness (QED) is 0.887. The maximum atomic E-state index is 12.4. The molecule has 1 unspecified atom stereocenters. The molecule has 0 heterocycles. The molecule has 4 heteroatoms. The van der Waals surface area contributed by atoms with E-state index in [4.69, 9.17) is 0 Å². The second-order valence-corrected chi connectivity index (χ2v) is 5.63.